The van der Waals surface area contributed by atoms with Gasteiger partial charge in [-0.3, -0.25) is 4.79 Å². The Balaban J connectivity index is 1.88. The van der Waals surface area contributed by atoms with Gasteiger partial charge in [-0.25, -0.2) is 4.98 Å². The first kappa shape index (κ1) is 22.8. The van der Waals surface area contributed by atoms with Crippen molar-refractivity contribution in [1.82, 2.24) is 4.98 Å². The van der Waals surface area contributed by atoms with E-state index in [-0.39, 0.29) is 12.1 Å². The highest BCUT2D eigenvalue weighted by atomic mass is 35.5. The lowest BCUT2D eigenvalue weighted by molar-refractivity contribution is -0.131. The SMILES string of the molecule is CCCCC(Oc1ccc(OC(C)=O)c(CC)c1)c1cccc(-c2ccc(Cl)cc2)n1. The van der Waals surface area contributed by atoms with E-state index in [9.17, 15) is 4.79 Å². The molecular weight excluding hydrogens is 410 g/mol. The average Bonchev–Trinajstić information content (AvgIpc) is 2.77. The van der Waals surface area contributed by atoms with Crippen molar-refractivity contribution in [2.24, 2.45) is 0 Å². The van der Waals surface area contributed by atoms with Gasteiger partial charge < -0.3 is 9.47 Å². The van der Waals surface area contributed by atoms with Gasteiger partial charge in [-0.05, 0) is 67.3 Å². The van der Waals surface area contributed by atoms with Crippen LogP contribution in [0.15, 0.2) is 60.7 Å². The summed E-state index contributed by atoms with van der Waals surface area (Å²) < 4.78 is 11.7. The third-order valence-corrected chi connectivity index (χ3v) is 5.26. The Morgan fingerprint density at radius 1 is 1.06 bits per heavy atom. The average molecular weight is 438 g/mol. The molecule has 0 saturated carbocycles. The van der Waals surface area contributed by atoms with E-state index in [1.165, 1.54) is 6.92 Å². The second kappa shape index (κ2) is 11.0. The molecule has 4 nitrogen and oxygen atoms in total. The minimum atomic E-state index is -0.326. The molecule has 0 amide bonds. The molecule has 0 bridgehead atoms. The maximum absolute atomic E-state index is 11.3. The fraction of sp³-hybridized carbons (Fsp3) is 0.308. The molecule has 0 aliphatic carbocycles. The topological polar surface area (TPSA) is 48.4 Å². The van der Waals surface area contributed by atoms with Gasteiger partial charge in [0.25, 0.3) is 0 Å². The van der Waals surface area contributed by atoms with E-state index in [0.717, 1.165) is 53.9 Å². The van der Waals surface area contributed by atoms with E-state index in [4.69, 9.17) is 26.1 Å². The first-order valence-corrected chi connectivity index (χ1v) is 11.1. The number of carbonyl (C=O) groups excluding carboxylic acids is 1. The van der Waals surface area contributed by atoms with Gasteiger partial charge in [0.15, 0.2) is 0 Å². The van der Waals surface area contributed by atoms with Gasteiger partial charge in [0.05, 0.1) is 11.4 Å². The number of rotatable bonds is 9. The van der Waals surface area contributed by atoms with Crippen LogP contribution in [0.2, 0.25) is 5.02 Å². The number of ether oxygens (including phenoxy) is 2. The van der Waals surface area contributed by atoms with Crippen molar-refractivity contribution < 1.29 is 14.3 Å². The number of hydrogen-bond acceptors (Lipinski definition) is 4. The number of unbranched alkanes of at least 4 members (excludes halogenated alkanes) is 1. The number of halogens is 1. The Hall–Kier alpha value is -2.85. The summed E-state index contributed by atoms with van der Waals surface area (Å²) >= 11 is 6.02. The smallest absolute Gasteiger partial charge is 0.308 e. The maximum Gasteiger partial charge on any atom is 0.308 e. The summed E-state index contributed by atoms with van der Waals surface area (Å²) in [6, 6.07) is 19.3. The van der Waals surface area contributed by atoms with Gasteiger partial charge >= 0.3 is 5.97 Å². The molecule has 3 aromatic rings. The Kier molecular flexibility index (Phi) is 8.07. The summed E-state index contributed by atoms with van der Waals surface area (Å²) in [5, 5.41) is 0.702. The number of nitrogens with zero attached hydrogens (tertiary/aromatic N) is 1. The molecular formula is C26H28ClNO3. The van der Waals surface area contributed by atoms with Crippen molar-refractivity contribution >= 4 is 17.6 Å². The minimum absolute atomic E-state index is 0.170. The van der Waals surface area contributed by atoms with Gasteiger partial charge in [0.2, 0.25) is 0 Å². The monoisotopic (exact) mass is 437 g/mol. The van der Waals surface area contributed by atoms with E-state index >= 15 is 0 Å². The van der Waals surface area contributed by atoms with Gasteiger partial charge in [0.1, 0.15) is 17.6 Å². The summed E-state index contributed by atoms with van der Waals surface area (Å²) in [5.41, 5.74) is 3.73. The van der Waals surface area contributed by atoms with E-state index in [1.807, 2.05) is 61.5 Å². The standard InChI is InChI=1S/C26H28ClNO3/c1-4-6-10-26(31-22-15-16-25(30-18(3)29)19(5-2)17-22)24-9-7-8-23(28-24)20-11-13-21(27)14-12-20/h7-9,11-17,26H,4-6,10H2,1-3H3. The second-order valence-electron chi connectivity index (χ2n) is 7.42. The molecule has 0 radical (unpaired) electrons. The predicted octanol–water partition coefficient (Wildman–Crippen LogP) is 7.20. The van der Waals surface area contributed by atoms with E-state index in [2.05, 4.69) is 6.92 Å². The molecule has 0 N–H and O–H groups in total. The van der Waals surface area contributed by atoms with Crippen LogP contribution in [0.4, 0.5) is 0 Å². The number of aryl methyl sites for hydroxylation is 1. The number of pyridine rings is 1. The van der Waals surface area contributed by atoms with Crippen molar-refractivity contribution in [2.45, 2.75) is 52.6 Å². The summed E-state index contributed by atoms with van der Waals surface area (Å²) in [5.74, 6) is 0.996. The number of esters is 1. The molecule has 0 saturated heterocycles. The molecule has 0 fully saturated rings. The zero-order valence-corrected chi connectivity index (χ0v) is 19.0. The molecule has 1 unspecified atom stereocenters. The zero-order valence-electron chi connectivity index (χ0n) is 18.2. The third-order valence-electron chi connectivity index (χ3n) is 5.01. The quantitative estimate of drug-likeness (QED) is 0.262. The summed E-state index contributed by atoms with van der Waals surface area (Å²) in [6.45, 7) is 5.60. The molecule has 1 atom stereocenters. The molecule has 0 aliphatic rings. The van der Waals surface area contributed by atoms with Gasteiger partial charge in [-0.2, -0.15) is 0 Å². The first-order valence-electron chi connectivity index (χ1n) is 10.7. The van der Waals surface area contributed by atoms with Crippen molar-refractivity contribution in [2.75, 3.05) is 0 Å². The fourth-order valence-electron chi connectivity index (χ4n) is 3.39. The number of benzene rings is 2. The second-order valence-corrected chi connectivity index (χ2v) is 7.86. The highest BCUT2D eigenvalue weighted by Crippen LogP contribution is 2.31. The molecule has 0 aliphatic heterocycles. The summed E-state index contributed by atoms with van der Waals surface area (Å²) in [7, 11) is 0. The van der Waals surface area contributed by atoms with Gasteiger partial charge in [-0.1, -0.05) is 50.1 Å². The van der Waals surface area contributed by atoms with Crippen molar-refractivity contribution in [3.8, 4) is 22.8 Å². The lowest BCUT2D eigenvalue weighted by Gasteiger charge is -2.20. The van der Waals surface area contributed by atoms with Crippen LogP contribution in [0.5, 0.6) is 11.5 Å². The Morgan fingerprint density at radius 2 is 1.84 bits per heavy atom. The Bertz CT molecular complexity index is 1020. The van der Waals surface area contributed by atoms with Crippen LogP contribution >= 0.6 is 11.6 Å². The lowest BCUT2D eigenvalue weighted by atomic mass is 10.1. The zero-order chi connectivity index (χ0) is 22.2. The van der Waals surface area contributed by atoms with Crippen LogP contribution in [0.3, 0.4) is 0 Å². The predicted molar refractivity (Wildman–Crippen MR) is 125 cm³/mol. The first-order chi connectivity index (χ1) is 15.0. The normalized spacial score (nSPS) is 11.7. The number of carbonyl (C=O) groups is 1. The molecule has 1 aromatic heterocycles. The van der Waals surface area contributed by atoms with Crippen molar-refractivity contribution in [3.63, 3.8) is 0 Å². The fourth-order valence-corrected chi connectivity index (χ4v) is 3.52. The molecule has 1 heterocycles. The molecule has 5 heteroatoms. The third kappa shape index (κ3) is 6.31. The molecule has 2 aromatic carbocycles. The summed E-state index contributed by atoms with van der Waals surface area (Å²) in [4.78, 5) is 16.2. The van der Waals surface area contributed by atoms with Crippen molar-refractivity contribution in [3.05, 3.63) is 76.9 Å². The van der Waals surface area contributed by atoms with Gasteiger partial charge in [0, 0.05) is 17.5 Å². The van der Waals surface area contributed by atoms with Crippen LogP contribution in [-0.2, 0) is 11.2 Å². The summed E-state index contributed by atoms with van der Waals surface area (Å²) in [6.07, 6.45) is 3.53. The van der Waals surface area contributed by atoms with E-state index < -0.39 is 0 Å². The van der Waals surface area contributed by atoms with Crippen molar-refractivity contribution in [1.29, 1.82) is 0 Å². The van der Waals surface area contributed by atoms with Crippen LogP contribution in [0.25, 0.3) is 11.3 Å². The molecule has 3 rings (SSSR count). The van der Waals surface area contributed by atoms with E-state index in [0.29, 0.717) is 10.8 Å². The number of aromatic nitrogens is 1. The Morgan fingerprint density at radius 3 is 2.52 bits per heavy atom. The van der Waals surface area contributed by atoms with Crippen LogP contribution < -0.4 is 9.47 Å². The maximum atomic E-state index is 11.3. The van der Waals surface area contributed by atoms with E-state index in [1.54, 1.807) is 6.07 Å². The molecule has 31 heavy (non-hydrogen) atoms. The van der Waals surface area contributed by atoms with Crippen LogP contribution in [0.1, 0.15) is 57.4 Å². The molecule has 0 spiro atoms. The Labute approximate surface area is 189 Å². The lowest BCUT2D eigenvalue weighted by Crippen LogP contribution is -2.11. The minimum Gasteiger partial charge on any atom is -0.484 e. The highest BCUT2D eigenvalue weighted by Gasteiger charge is 2.17. The highest BCUT2D eigenvalue weighted by molar-refractivity contribution is 6.30. The van der Waals surface area contributed by atoms with Gasteiger partial charge in [-0.15, -0.1) is 0 Å². The number of hydrogen-bond donors (Lipinski definition) is 0. The molecule has 162 valence electrons. The van der Waals surface area contributed by atoms with Crippen LogP contribution in [0, 0.1) is 0 Å². The largest absolute Gasteiger partial charge is 0.484 e. The van der Waals surface area contributed by atoms with Crippen LogP contribution in [-0.4, -0.2) is 11.0 Å².